The van der Waals surface area contributed by atoms with Crippen LogP contribution < -0.4 is 5.32 Å². The predicted octanol–water partition coefficient (Wildman–Crippen LogP) is 3.04. The monoisotopic (exact) mass is 285 g/mol. The molecule has 1 atom stereocenters. The molecule has 0 spiro atoms. The van der Waals surface area contributed by atoms with Gasteiger partial charge in [0.05, 0.1) is 6.07 Å². The van der Waals surface area contributed by atoms with E-state index in [1.54, 1.807) is 49.4 Å². The predicted molar refractivity (Wildman–Crippen MR) is 76.2 cm³/mol. The fourth-order valence-electron chi connectivity index (χ4n) is 1.75. The summed E-state index contributed by atoms with van der Waals surface area (Å²) < 4.78 is 0. The summed E-state index contributed by atoms with van der Waals surface area (Å²) in [6.07, 6.45) is 0. The lowest BCUT2D eigenvalue weighted by molar-refractivity contribution is 0.0940. The molecule has 0 bridgehead atoms. The molecule has 5 heteroatoms. The highest BCUT2D eigenvalue weighted by atomic mass is 35.5. The van der Waals surface area contributed by atoms with E-state index in [9.17, 15) is 10.1 Å². The van der Waals surface area contributed by atoms with Crippen molar-refractivity contribution >= 4 is 17.5 Å². The highest BCUT2D eigenvalue weighted by Gasteiger charge is 2.16. The van der Waals surface area contributed by atoms with Crippen molar-refractivity contribution in [1.29, 1.82) is 5.26 Å². The molecule has 1 aromatic carbocycles. The van der Waals surface area contributed by atoms with Gasteiger partial charge in [0, 0.05) is 10.7 Å². The molecule has 1 N–H and O–H groups in total. The maximum absolute atomic E-state index is 12.1. The zero-order chi connectivity index (χ0) is 14.5. The van der Waals surface area contributed by atoms with Gasteiger partial charge in [0.2, 0.25) is 0 Å². The smallest absolute Gasteiger partial charge is 0.271 e. The minimum atomic E-state index is -0.761. The van der Waals surface area contributed by atoms with Crippen LogP contribution in [0.3, 0.4) is 0 Å². The number of nitrogens with one attached hydrogen (secondary N) is 1. The topological polar surface area (TPSA) is 65.8 Å². The average molecular weight is 286 g/mol. The van der Waals surface area contributed by atoms with E-state index in [2.05, 4.69) is 10.3 Å². The van der Waals surface area contributed by atoms with Crippen LogP contribution in [0.4, 0.5) is 0 Å². The summed E-state index contributed by atoms with van der Waals surface area (Å²) >= 11 is 5.89. The fourth-order valence-corrected chi connectivity index (χ4v) is 1.95. The van der Waals surface area contributed by atoms with Gasteiger partial charge >= 0.3 is 0 Å². The van der Waals surface area contributed by atoms with Crippen molar-refractivity contribution in [2.75, 3.05) is 0 Å². The number of nitrogens with zero attached hydrogens (tertiary/aromatic N) is 2. The van der Waals surface area contributed by atoms with Gasteiger partial charge in [0.1, 0.15) is 11.7 Å². The Morgan fingerprint density at radius 1 is 1.35 bits per heavy atom. The standard InChI is InChI=1S/C15H12ClN3O/c1-10-4-2-7-13(18-10)15(20)19-14(9-17)11-5-3-6-12(16)8-11/h2-8,14H,1H3,(H,19,20)/t14-/m1/s1. The zero-order valence-corrected chi connectivity index (χ0v) is 11.6. The largest absolute Gasteiger partial charge is 0.331 e. The number of benzene rings is 1. The van der Waals surface area contributed by atoms with Gasteiger partial charge in [-0.25, -0.2) is 4.98 Å². The highest BCUT2D eigenvalue weighted by molar-refractivity contribution is 6.30. The molecule has 1 amide bonds. The first kappa shape index (κ1) is 14.0. The van der Waals surface area contributed by atoms with E-state index in [1.165, 1.54) is 0 Å². The Morgan fingerprint density at radius 3 is 2.75 bits per heavy atom. The molecule has 1 aromatic heterocycles. The highest BCUT2D eigenvalue weighted by Crippen LogP contribution is 2.17. The molecular formula is C15H12ClN3O. The first-order chi connectivity index (χ1) is 9.60. The quantitative estimate of drug-likeness (QED) is 0.942. The number of pyridine rings is 1. The van der Waals surface area contributed by atoms with Crippen LogP contribution in [0.25, 0.3) is 0 Å². The Labute approximate surface area is 122 Å². The van der Waals surface area contributed by atoms with Crippen LogP contribution in [0.5, 0.6) is 0 Å². The van der Waals surface area contributed by atoms with Crippen molar-refractivity contribution in [3.05, 3.63) is 64.4 Å². The van der Waals surface area contributed by atoms with Crippen molar-refractivity contribution in [2.45, 2.75) is 13.0 Å². The van der Waals surface area contributed by atoms with Gasteiger partial charge in [-0.05, 0) is 36.8 Å². The van der Waals surface area contributed by atoms with Gasteiger partial charge in [0.25, 0.3) is 5.91 Å². The molecule has 20 heavy (non-hydrogen) atoms. The SMILES string of the molecule is Cc1cccc(C(=O)N[C@H](C#N)c2cccc(Cl)c2)n1. The zero-order valence-electron chi connectivity index (χ0n) is 10.8. The third-order valence-corrected chi connectivity index (χ3v) is 2.94. The number of carbonyl (C=O) groups excluding carboxylic acids is 1. The second-order valence-corrected chi connectivity index (χ2v) is 4.69. The van der Waals surface area contributed by atoms with Gasteiger partial charge in [-0.1, -0.05) is 29.8 Å². The molecule has 4 nitrogen and oxygen atoms in total. The van der Waals surface area contributed by atoms with E-state index in [0.29, 0.717) is 10.6 Å². The summed E-state index contributed by atoms with van der Waals surface area (Å²) in [5.41, 5.74) is 1.67. The number of rotatable bonds is 3. The van der Waals surface area contributed by atoms with Crippen LogP contribution >= 0.6 is 11.6 Å². The third kappa shape index (κ3) is 3.34. The summed E-state index contributed by atoms with van der Waals surface area (Å²) in [6.45, 7) is 1.80. The van der Waals surface area contributed by atoms with Crippen molar-refractivity contribution < 1.29 is 4.79 Å². The Bertz CT molecular complexity index is 679. The Kier molecular flexibility index (Phi) is 4.34. The summed E-state index contributed by atoms with van der Waals surface area (Å²) in [5, 5.41) is 12.3. The Morgan fingerprint density at radius 2 is 2.10 bits per heavy atom. The molecule has 0 aliphatic rings. The molecule has 100 valence electrons. The van der Waals surface area contributed by atoms with Crippen molar-refractivity contribution in [1.82, 2.24) is 10.3 Å². The van der Waals surface area contributed by atoms with Gasteiger partial charge in [-0.2, -0.15) is 5.26 Å². The minimum Gasteiger partial charge on any atom is -0.331 e. The summed E-state index contributed by atoms with van der Waals surface area (Å²) in [5.74, 6) is -0.389. The maximum atomic E-state index is 12.1. The molecule has 0 fully saturated rings. The van der Waals surface area contributed by atoms with Gasteiger partial charge in [-0.3, -0.25) is 4.79 Å². The number of nitriles is 1. The number of halogens is 1. The van der Waals surface area contributed by atoms with E-state index in [1.807, 2.05) is 6.07 Å². The van der Waals surface area contributed by atoms with E-state index < -0.39 is 6.04 Å². The molecule has 0 saturated carbocycles. The van der Waals surface area contributed by atoms with Crippen LogP contribution in [0.1, 0.15) is 27.8 Å². The van der Waals surface area contributed by atoms with Gasteiger partial charge < -0.3 is 5.32 Å². The molecule has 0 radical (unpaired) electrons. The Balaban J connectivity index is 2.19. The number of carbonyl (C=O) groups is 1. The third-order valence-electron chi connectivity index (χ3n) is 2.71. The molecule has 0 aliphatic carbocycles. The number of aromatic nitrogens is 1. The average Bonchev–Trinajstić information content (AvgIpc) is 2.44. The van der Waals surface area contributed by atoms with Crippen molar-refractivity contribution in [3.8, 4) is 6.07 Å². The summed E-state index contributed by atoms with van der Waals surface area (Å²) in [7, 11) is 0. The van der Waals surface area contributed by atoms with Crippen LogP contribution in [0, 0.1) is 18.3 Å². The second-order valence-electron chi connectivity index (χ2n) is 4.25. The van der Waals surface area contributed by atoms with E-state index in [0.717, 1.165) is 5.69 Å². The van der Waals surface area contributed by atoms with Gasteiger partial charge in [-0.15, -0.1) is 0 Å². The van der Waals surface area contributed by atoms with Crippen molar-refractivity contribution in [3.63, 3.8) is 0 Å². The summed E-state index contributed by atoms with van der Waals surface area (Å²) in [6, 6.07) is 13.3. The van der Waals surface area contributed by atoms with Crippen molar-refractivity contribution in [2.24, 2.45) is 0 Å². The molecule has 0 saturated heterocycles. The first-order valence-corrected chi connectivity index (χ1v) is 6.37. The minimum absolute atomic E-state index is 0.285. The molecule has 0 aliphatic heterocycles. The van der Waals surface area contributed by atoms with E-state index in [-0.39, 0.29) is 11.6 Å². The van der Waals surface area contributed by atoms with Crippen LogP contribution in [-0.4, -0.2) is 10.9 Å². The molecule has 2 rings (SSSR count). The number of hydrogen-bond donors (Lipinski definition) is 1. The molecular weight excluding hydrogens is 274 g/mol. The lowest BCUT2D eigenvalue weighted by Gasteiger charge is -2.12. The summed E-state index contributed by atoms with van der Waals surface area (Å²) in [4.78, 5) is 16.2. The van der Waals surface area contributed by atoms with Crippen LogP contribution in [0.2, 0.25) is 5.02 Å². The first-order valence-electron chi connectivity index (χ1n) is 6.00. The van der Waals surface area contributed by atoms with E-state index in [4.69, 9.17) is 11.6 Å². The number of aryl methyl sites for hydroxylation is 1. The maximum Gasteiger partial charge on any atom is 0.271 e. The number of amides is 1. The second kappa shape index (κ2) is 6.18. The number of hydrogen-bond acceptors (Lipinski definition) is 3. The lowest BCUT2D eigenvalue weighted by atomic mass is 10.1. The van der Waals surface area contributed by atoms with Crippen LogP contribution in [0.15, 0.2) is 42.5 Å². The fraction of sp³-hybridized carbons (Fsp3) is 0.133. The normalized spacial score (nSPS) is 11.4. The molecule has 0 unspecified atom stereocenters. The molecule has 1 heterocycles. The Hall–Kier alpha value is -2.38. The van der Waals surface area contributed by atoms with Gasteiger partial charge in [0.15, 0.2) is 0 Å². The lowest BCUT2D eigenvalue weighted by Crippen LogP contribution is -2.28. The molecule has 2 aromatic rings. The van der Waals surface area contributed by atoms with Crippen LogP contribution in [-0.2, 0) is 0 Å². The van der Waals surface area contributed by atoms with E-state index >= 15 is 0 Å².